The highest BCUT2D eigenvalue weighted by Crippen LogP contribution is 2.35. The van der Waals surface area contributed by atoms with E-state index in [4.69, 9.17) is 4.74 Å². The van der Waals surface area contributed by atoms with E-state index in [0.29, 0.717) is 10.6 Å². The molecule has 0 fully saturated rings. The maximum atomic E-state index is 11.1. The van der Waals surface area contributed by atoms with Crippen molar-refractivity contribution < 1.29 is 9.66 Å². The molecule has 0 radical (unpaired) electrons. The van der Waals surface area contributed by atoms with Gasteiger partial charge >= 0.3 is 0 Å². The molecule has 122 valence electrons. The highest BCUT2D eigenvalue weighted by atomic mass is 32.2. The van der Waals surface area contributed by atoms with Gasteiger partial charge in [0.2, 0.25) is 0 Å². The standard InChI is InChI=1S/C17H19NO3S2/c1-3-10-23-17-12-14(8-9-16(17)18(19)20)21-13-6-5-7-15(11-13)22-4-2/h5-9,11-12H,3-4,10H2,1-2H3. The molecule has 2 aromatic carbocycles. The summed E-state index contributed by atoms with van der Waals surface area (Å²) in [7, 11) is 0. The monoisotopic (exact) mass is 349 g/mol. The van der Waals surface area contributed by atoms with Crippen LogP contribution in [0, 0.1) is 10.1 Å². The molecule has 23 heavy (non-hydrogen) atoms. The maximum absolute atomic E-state index is 11.1. The molecule has 2 rings (SSSR count). The van der Waals surface area contributed by atoms with Crippen LogP contribution in [0.4, 0.5) is 5.69 Å². The highest BCUT2D eigenvalue weighted by Gasteiger charge is 2.15. The predicted octanol–water partition coefficient (Wildman–Crippen LogP) is 6.00. The van der Waals surface area contributed by atoms with E-state index in [9.17, 15) is 10.1 Å². The molecule has 0 N–H and O–H groups in total. The zero-order chi connectivity index (χ0) is 16.7. The third-order valence-corrected chi connectivity index (χ3v) is 5.07. The van der Waals surface area contributed by atoms with Crippen LogP contribution in [0.2, 0.25) is 0 Å². The van der Waals surface area contributed by atoms with E-state index in [1.807, 2.05) is 24.3 Å². The van der Waals surface area contributed by atoms with Crippen LogP contribution in [0.25, 0.3) is 0 Å². The van der Waals surface area contributed by atoms with Crippen LogP contribution in [0.1, 0.15) is 20.3 Å². The third-order valence-electron chi connectivity index (χ3n) is 2.94. The molecule has 4 nitrogen and oxygen atoms in total. The minimum absolute atomic E-state index is 0.131. The minimum Gasteiger partial charge on any atom is -0.457 e. The number of nitrogens with zero attached hydrogens (tertiary/aromatic N) is 1. The predicted molar refractivity (Wildman–Crippen MR) is 97.0 cm³/mol. The van der Waals surface area contributed by atoms with E-state index in [2.05, 4.69) is 13.8 Å². The number of rotatable bonds is 8. The second-order valence-corrected chi connectivity index (χ2v) is 7.22. The largest absolute Gasteiger partial charge is 0.457 e. The molecule has 0 aliphatic carbocycles. The molecule has 0 aliphatic heterocycles. The second kappa shape index (κ2) is 8.84. The molecule has 0 amide bonds. The Bertz CT molecular complexity index is 677. The zero-order valence-corrected chi connectivity index (χ0v) is 14.8. The summed E-state index contributed by atoms with van der Waals surface area (Å²) in [5.41, 5.74) is 0.131. The van der Waals surface area contributed by atoms with Gasteiger partial charge in [0, 0.05) is 17.0 Å². The van der Waals surface area contributed by atoms with E-state index in [1.165, 1.54) is 17.8 Å². The van der Waals surface area contributed by atoms with Gasteiger partial charge in [-0.3, -0.25) is 10.1 Å². The first kappa shape index (κ1) is 17.7. The lowest BCUT2D eigenvalue weighted by Crippen LogP contribution is -1.93. The number of nitro benzene ring substituents is 1. The summed E-state index contributed by atoms with van der Waals surface area (Å²) in [6.45, 7) is 4.15. The van der Waals surface area contributed by atoms with Gasteiger partial charge < -0.3 is 4.74 Å². The van der Waals surface area contributed by atoms with Crippen LogP contribution >= 0.6 is 23.5 Å². The van der Waals surface area contributed by atoms with Crippen LogP contribution in [0.5, 0.6) is 11.5 Å². The summed E-state index contributed by atoms with van der Waals surface area (Å²) in [4.78, 5) is 12.6. The lowest BCUT2D eigenvalue weighted by atomic mass is 10.3. The summed E-state index contributed by atoms with van der Waals surface area (Å²) < 4.78 is 5.87. The molecule has 0 atom stereocenters. The maximum Gasteiger partial charge on any atom is 0.283 e. The molecular weight excluding hydrogens is 330 g/mol. The average Bonchev–Trinajstić information content (AvgIpc) is 2.53. The highest BCUT2D eigenvalue weighted by molar-refractivity contribution is 7.99. The van der Waals surface area contributed by atoms with Crippen LogP contribution in [-0.2, 0) is 0 Å². The van der Waals surface area contributed by atoms with Crippen molar-refractivity contribution in [2.75, 3.05) is 11.5 Å². The molecule has 0 spiro atoms. The third kappa shape index (κ3) is 5.18. The van der Waals surface area contributed by atoms with Crippen molar-refractivity contribution in [3.63, 3.8) is 0 Å². The number of thioether (sulfide) groups is 2. The van der Waals surface area contributed by atoms with Crippen molar-refractivity contribution in [2.45, 2.75) is 30.1 Å². The van der Waals surface area contributed by atoms with Crippen molar-refractivity contribution in [1.29, 1.82) is 0 Å². The smallest absolute Gasteiger partial charge is 0.283 e. The van der Waals surface area contributed by atoms with E-state index in [-0.39, 0.29) is 10.6 Å². The van der Waals surface area contributed by atoms with Crippen molar-refractivity contribution in [3.8, 4) is 11.5 Å². The van der Waals surface area contributed by atoms with Crippen LogP contribution in [0.15, 0.2) is 52.3 Å². The van der Waals surface area contributed by atoms with Crippen LogP contribution < -0.4 is 4.74 Å². The zero-order valence-electron chi connectivity index (χ0n) is 13.2. The molecule has 0 saturated heterocycles. The van der Waals surface area contributed by atoms with Gasteiger partial charge in [-0.05, 0) is 42.2 Å². The molecule has 0 aromatic heterocycles. The summed E-state index contributed by atoms with van der Waals surface area (Å²) in [6, 6.07) is 12.8. The first-order valence-corrected chi connectivity index (χ1v) is 9.43. The quantitative estimate of drug-likeness (QED) is 0.332. The Morgan fingerprint density at radius 2 is 1.87 bits per heavy atom. The van der Waals surface area contributed by atoms with Crippen LogP contribution in [0.3, 0.4) is 0 Å². The topological polar surface area (TPSA) is 52.4 Å². The van der Waals surface area contributed by atoms with Gasteiger partial charge in [-0.1, -0.05) is 19.9 Å². The van der Waals surface area contributed by atoms with Gasteiger partial charge in [0.05, 0.1) is 9.82 Å². The molecule has 0 heterocycles. The Kier molecular flexibility index (Phi) is 6.80. The summed E-state index contributed by atoms with van der Waals surface area (Å²) in [5.74, 6) is 3.20. The minimum atomic E-state index is -0.347. The Hall–Kier alpha value is -1.66. The van der Waals surface area contributed by atoms with E-state index in [0.717, 1.165) is 28.6 Å². The fraction of sp³-hybridized carbons (Fsp3) is 0.294. The molecule has 0 unspecified atom stereocenters. The van der Waals surface area contributed by atoms with E-state index in [1.54, 1.807) is 23.9 Å². The molecular formula is C17H19NO3S2. The number of nitro groups is 1. The molecule has 0 aliphatic rings. The second-order valence-electron chi connectivity index (χ2n) is 4.75. The van der Waals surface area contributed by atoms with Crippen molar-refractivity contribution in [3.05, 3.63) is 52.6 Å². The Labute approximate surface area is 144 Å². The molecule has 6 heteroatoms. The van der Waals surface area contributed by atoms with Gasteiger partial charge in [-0.2, -0.15) is 0 Å². The summed E-state index contributed by atoms with van der Waals surface area (Å²) >= 11 is 3.23. The molecule has 0 bridgehead atoms. The van der Waals surface area contributed by atoms with Gasteiger partial charge in [-0.15, -0.1) is 23.5 Å². The Balaban J connectivity index is 2.22. The number of benzene rings is 2. The number of hydrogen-bond acceptors (Lipinski definition) is 5. The van der Waals surface area contributed by atoms with E-state index >= 15 is 0 Å². The number of hydrogen-bond donors (Lipinski definition) is 0. The fourth-order valence-corrected chi connectivity index (χ4v) is 3.59. The average molecular weight is 349 g/mol. The normalized spacial score (nSPS) is 10.5. The van der Waals surface area contributed by atoms with Gasteiger partial charge in [-0.25, -0.2) is 0 Å². The first-order chi connectivity index (χ1) is 11.1. The number of ether oxygens (including phenoxy) is 1. The lowest BCUT2D eigenvalue weighted by Gasteiger charge is -2.09. The van der Waals surface area contributed by atoms with E-state index < -0.39 is 0 Å². The van der Waals surface area contributed by atoms with Crippen molar-refractivity contribution >= 4 is 29.2 Å². The molecule has 0 saturated carbocycles. The Morgan fingerprint density at radius 1 is 1.09 bits per heavy atom. The summed E-state index contributed by atoms with van der Waals surface area (Å²) in [5, 5.41) is 11.1. The Morgan fingerprint density at radius 3 is 2.57 bits per heavy atom. The summed E-state index contributed by atoms with van der Waals surface area (Å²) in [6.07, 6.45) is 0.961. The SMILES string of the molecule is CCCSc1cc(Oc2cccc(SCC)c2)ccc1[N+](=O)[O-]. The van der Waals surface area contributed by atoms with Gasteiger partial charge in [0.1, 0.15) is 11.5 Å². The van der Waals surface area contributed by atoms with Crippen molar-refractivity contribution in [1.82, 2.24) is 0 Å². The fourth-order valence-electron chi connectivity index (χ4n) is 1.97. The lowest BCUT2D eigenvalue weighted by molar-refractivity contribution is -0.387. The van der Waals surface area contributed by atoms with Gasteiger partial charge in [0.25, 0.3) is 5.69 Å². The molecule has 2 aromatic rings. The van der Waals surface area contributed by atoms with Crippen LogP contribution in [-0.4, -0.2) is 16.4 Å². The first-order valence-electron chi connectivity index (χ1n) is 7.46. The van der Waals surface area contributed by atoms with Gasteiger partial charge in [0.15, 0.2) is 0 Å². The van der Waals surface area contributed by atoms with Crippen molar-refractivity contribution in [2.24, 2.45) is 0 Å².